The molecular weight excluding hydrogens is 240 g/mol. The molecule has 0 aliphatic rings. The SMILES string of the molecule is CCc1cc(Br)ccc1C(=O)C(C)C. The molecule has 0 unspecified atom stereocenters. The summed E-state index contributed by atoms with van der Waals surface area (Å²) in [7, 11) is 0. The van der Waals surface area contributed by atoms with Crippen LogP contribution in [0.5, 0.6) is 0 Å². The Morgan fingerprint density at radius 3 is 2.57 bits per heavy atom. The third-order valence-electron chi connectivity index (χ3n) is 2.24. The van der Waals surface area contributed by atoms with E-state index in [2.05, 4.69) is 22.9 Å². The quantitative estimate of drug-likeness (QED) is 0.750. The maximum atomic E-state index is 11.8. The number of benzene rings is 1. The van der Waals surface area contributed by atoms with E-state index < -0.39 is 0 Å². The Hall–Kier alpha value is -0.630. The summed E-state index contributed by atoms with van der Waals surface area (Å²) in [4.78, 5) is 11.8. The van der Waals surface area contributed by atoms with Crippen LogP contribution in [0.15, 0.2) is 22.7 Å². The molecule has 0 radical (unpaired) electrons. The van der Waals surface area contributed by atoms with Gasteiger partial charge in [0.2, 0.25) is 0 Å². The van der Waals surface area contributed by atoms with Gasteiger partial charge in [-0.3, -0.25) is 4.79 Å². The average molecular weight is 255 g/mol. The minimum Gasteiger partial charge on any atom is -0.294 e. The Labute approximate surface area is 93.7 Å². The first kappa shape index (κ1) is 11.4. The van der Waals surface area contributed by atoms with Crippen molar-refractivity contribution in [2.75, 3.05) is 0 Å². The van der Waals surface area contributed by atoms with Gasteiger partial charge >= 0.3 is 0 Å². The topological polar surface area (TPSA) is 17.1 Å². The van der Waals surface area contributed by atoms with Crippen molar-refractivity contribution in [1.82, 2.24) is 0 Å². The molecule has 0 N–H and O–H groups in total. The molecule has 0 heterocycles. The molecule has 1 rings (SSSR count). The number of rotatable bonds is 3. The highest BCUT2D eigenvalue weighted by Gasteiger charge is 2.13. The molecule has 0 aliphatic carbocycles. The van der Waals surface area contributed by atoms with E-state index in [4.69, 9.17) is 0 Å². The summed E-state index contributed by atoms with van der Waals surface area (Å²) in [6.07, 6.45) is 0.896. The lowest BCUT2D eigenvalue weighted by atomic mass is 9.95. The Morgan fingerprint density at radius 2 is 2.07 bits per heavy atom. The lowest BCUT2D eigenvalue weighted by molar-refractivity contribution is 0.0938. The van der Waals surface area contributed by atoms with Gasteiger partial charge in [-0.25, -0.2) is 0 Å². The van der Waals surface area contributed by atoms with Gasteiger partial charge in [0, 0.05) is 16.0 Å². The highest BCUT2D eigenvalue weighted by Crippen LogP contribution is 2.19. The number of carbonyl (C=O) groups is 1. The van der Waals surface area contributed by atoms with Gasteiger partial charge < -0.3 is 0 Å². The highest BCUT2D eigenvalue weighted by molar-refractivity contribution is 9.10. The molecule has 1 aromatic rings. The Balaban J connectivity index is 3.14. The smallest absolute Gasteiger partial charge is 0.165 e. The lowest BCUT2D eigenvalue weighted by Gasteiger charge is -2.09. The van der Waals surface area contributed by atoms with Gasteiger partial charge in [-0.15, -0.1) is 0 Å². The van der Waals surface area contributed by atoms with Crippen molar-refractivity contribution in [2.24, 2.45) is 5.92 Å². The molecule has 0 fully saturated rings. The van der Waals surface area contributed by atoms with Crippen molar-refractivity contribution in [3.63, 3.8) is 0 Å². The Morgan fingerprint density at radius 1 is 1.43 bits per heavy atom. The van der Waals surface area contributed by atoms with Gasteiger partial charge in [0.15, 0.2) is 5.78 Å². The first-order valence-electron chi connectivity index (χ1n) is 4.89. The Bertz CT molecular complexity index is 342. The molecule has 0 aliphatic heterocycles. The van der Waals surface area contributed by atoms with Crippen LogP contribution in [0.2, 0.25) is 0 Å². The zero-order valence-electron chi connectivity index (χ0n) is 8.80. The van der Waals surface area contributed by atoms with Crippen molar-refractivity contribution in [2.45, 2.75) is 27.2 Å². The molecule has 0 saturated heterocycles. The maximum Gasteiger partial charge on any atom is 0.165 e. The first-order chi connectivity index (χ1) is 6.56. The fourth-order valence-corrected chi connectivity index (χ4v) is 1.81. The number of ketones is 1. The largest absolute Gasteiger partial charge is 0.294 e. The second kappa shape index (κ2) is 4.74. The third-order valence-corrected chi connectivity index (χ3v) is 2.73. The Kier molecular flexibility index (Phi) is 3.87. The molecule has 0 bridgehead atoms. The average Bonchev–Trinajstić information content (AvgIpc) is 2.16. The van der Waals surface area contributed by atoms with Crippen LogP contribution in [-0.4, -0.2) is 5.78 Å². The normalized spacial score (nSPS) is 10.6. The van der Waals surface area contributed by atoms with Gasteiger partial charge in [-0.1, -0.05) is 42.8 Å². The van der Waals surface area contributed by atoms with Crippen LogP contribution in [0.3, 0.4) is 0 Å². The standard InChI is InChI=1S/C12H15BrO/c1-4-9-7-10(13)5-6-11(9)12(14)8(2)3/h5-8H,4H2,1-3H3. The summed E-state index contributed by atoms with van der Waals surface area (Å²) in [5.74, 6) is 0.302. The first-order valence-corrected chi connectivity index (χ1v) is 5.68. The zero-order chi connectivity index (χ0) is 10.7. The molecule has 1 aromatic carbocycles. The van der Waals surface area contributed by atoms with Crippen molar-refractivity contribution >= 4 is 21.7 Å². The number of aryl methyl sites for hydroxylation is 1. The van der Waals surface area contributed by atoms with E-state index in [0.29, 0.717) is 0 Å². The summed E-state index contributed by atoms with van der Waals surface area (Å²) in [5, 5.41) is 0. The molecule has 76 valence electrons. The van der Waals surface area contributed by atoms with E-state index in [1.54, 1.807) is 0 Å². The molecule has 2 heteroatoms. The van der Waals surface area contributed by atoms with Crippen LogP contribution in [-0.2, 0) is 6.42 Å². The van der Waals surface area contributed by atoms with E-state index in [0.717, 1.165) is 22.0 Å². The van der Waals surface area contributed by atoms with Crippen molar-refractivity contribution in [3.05, 3.63) is 33.8 Å². The number of hydrogen-bond acceptors (Lipinski definition) is 1. The summed E-state index contributed by atoms with van der Waals surface area (Å²) in [6.45, 7) is 5.94. The van der Waals surface area contributed by atoms with E-state index in [1.807, 2.05) is 32.0 Å². The van der Waals surface area contributed by atoms with Crippen LogP contribution in [0.4, 0.5) is 0 Å². The zero-order valence-corrected chi connectivity index (χ0v) is 10.4. The molecule has 0 atom stereocenters. The fourth-order valence-electron chi connectivity index (χ4n) is 1.41. The van der Waals surface area contributed by atoms with Crippen LogP contribution in [0.25, 0.3) is 0 Å². The molecular formula is C12H15BrO. The van der Waals surface area contributed by atoms with Gasteiger partial charge in [-0.2, -0.15) is 0 Å². The fraction of sp³-hybridized carbons (Fsp3) is 0.417. The molecule has 14 heavy (non-hydrogen) atoms. The molecule has 0 spiro atoms. The van der Waals surface area contributed by atoms with Crippen molar-refractivity contribution in [3.8, 4) is 0 Å². The number of carbonyl (C=O) groups excluding carboxylic acids is 1. The second-order valence-electron chi connectivity index (χ2n) is 3.67. The molecule has 0 aromatic heterocycles. The second-order valence-corrected chi connectivity index (χ2v) is 4.59. The van der Waals surface area contributed by atoms with E-state index in [9.17, 15) is 4.79 Å². The lowest BCUT2D eigenvalue weighted by Crippen LogP contribution is -2.10. The van der Waals surface area contributed by atoms with Gasteiger partial charge in [0.05, 0.1) is 0 Å². The van der Waals surface area contributed by atoms with Crippen LogP contribution in [0.1, 0.15) is 36.7 Å². The summed E-state index contributed by atoms with van der Waals surface area (Å²) >= 11 is 3.41. The molecule has 0 amide bonds. The highest BCUT2D eigenvalue weighted by atomic mass is 79.9. The number of Topliss-reactive ketones (excluding diaryl/α,β-unsaturated/α-hetero) is 1. The molecule has 0 saturated carbocycles. The number of halogens is 1. The summed E-state index contributed by atoms with van der Waals surface area (Å²) < 4.78 is 1.04. The summed E-state index contributed by atoms with van der Waals surface area (Å²) in [5.41, 5.74) is 1.99. The number of hydrogen-bond donors (Lipinski definition) is 0. The van der Waals surface area contributed by atoms with E-state index in [-0.39, 0.29) is 11.7 Å². The van der Waals surface area contributed by atoms with Crippen molar-refractivity contribution in [1.29, 1.82) is 0 Å². The van der Waals surface area contributed by atoms with Gasteiger partial charge in [0.25, 0.3) is 0 Å². The minimum absolute atomic E-state index is 0.0708. The molecule has 1 nitrogen and oxygen atoms in total. The van der Waals surface area contributed by atoms with Crippen LogP contribution < -0.4 is 0 Å². The minimum atomic E-state index is 0.0708. The van der Waals surface area contributed by atoms with Crippen LogP contribution >= 0.6 is 15.9 Å². The predicted octanol–water partition coefficient (Wildman–Crippen LogP) is 3.85. The maximum absolute atomic E-state index is 11.8. The summed E-state index contributed by atoms with van der Waals surface area (Å²) in [6, 6.07) is 5.86. The monoisotopic (exact) mass is 254 g/mol. The van der Waals surface area contributed by atoms with Gasteiger partial charge in [-0.05, 0) is 24.1 Å². The van der Waals surface area contributed by atoms with E-state index >= 15 is 0 Å². The predicted molar refractivity (Wildman–Crippen MR) is 62.7 cm³/mol. The van der Waals surface area contributed by atoms with Crippen LogP contribution in [0, 0.1) is 5.92 Å². The third kappa shape index (κ3) is 2.44. The van der Waals surface area contributed by atoms with Gasteiger partial charge in [0.1, 0.15) is 0 Å². The van der Waals surface area contributed by atoms with Crippen molar-refractivity contribution < 1.29 is 4.79 Å². The van der Waals surface area contributed by atoms with E-state index in [1.165, 1.54) is 0 Å².